The average Bonchev–Trinajstić information content (AvgIpc) is 2.59. The molecule has 0 heterocycles. The standard InChI is InChI=1S/C20H20O2/c1-2-19(21)22-12-13-11-18-14-7-3-5-9-16(14)20(13)17-10-6-4-8-15(17)18/h3-10,13,18,20H,2,11-12H2,1H3/t13-,18?,20?/m0/s1. The van der Waals surface area contributed by atoms with Crippen LogP contribution in [-0.4, -0.2) is 12.6 Å². The van der Waals surface area contributed by atoms with Crippen molar-refractivity contribution in [2.45, 2.75) is 31.6 Å². The third-order valence-corrected chi connectivity index (χ3v) is 5.17. The van der Waals surface area contributed by atoms with Crippen LogP contribution in [0.4, 0.5) is 0 Å². The van der Waals surface area contributed by atoms with Crippen molar-refractivity contribution < 1.29 is 9.53 Å². The lowest BCUT2D eigenvalue weighted by molar-refractivity contribution is -0.145. The van der Waals surface area contributed by atoms with Crippen LogP contribution in [-0.2, 0) is 9.53 Å². The van der Waals surface area contributed by atoms with Crippen LogP contribution < -0.4 is 0 Å². The molecule has 0 radical (unpaired) electrons. The lowest BCUT2D eigenvalue weighted by Gasteiger charge is -2.45. The molecule has 0 saturated heterocycles. The Kier molecular flexibility index (Phi) is 3.25. The van der Waals surface area contributed by atoms with Gasteiger partial charge in [0.25, 0.3) is 0 Å². The molecular formula is C20H20O2. The fraction of sp³-hybridized carbons (Fsp3) is 0.350. The van der Waals surface area contributed by atoms with Crippen LogP contribution in [0.1, 0.15) is 53.9 Å². The van der Waals surface area contributed by atoms with Crippen LogP contribution in [0.2, 0.25) is 0 Å². The third-order valence-electron chi connectivity index (χ3n) is 5.17. The van der Waals surface area contributed by atoms with Gasteiger partial charge in [0.1, 0.15) is 0 Å². The monoisotopic (exact) mass is 292 g/mol. The number of carbonyl (C=O) groups excluding carboxylic acids is 1. The first-order chi connectivity index (χ1) is 10.8. The summed E-state index contributed by atoms with van der Waals surface area (Å²) in [7, 11) is 0. The summed E-state index contributed by atoms with van der Waals surface area (Å²) in [5.74, 6) is 1.11. The van der Waals surface area contributed by atoms with Gasteiger partial charge in [-0.25, -0.2) is 0 Å². The minimum absolute atomic E-state index is 0.0944. The average molecular weight is 292 g/mol. The second kappa shape index (κ2) is 5.28. The molecule has 2 bridgehead atoms. The van der Waals surface area contributed by atoms with Gasteiger partial charge in [0.05, 0.1) is 6.61 Å². The molecule has 0 N–H and O–H groups in total. The molecular weight excluding hydrogens is 272 g/mol. The minimum Gasteiger partial charge on any atom is -0.465 e. The zero-order valence-corrected chi connectivity index (χ0v) is 12.8. The molecule has 2 heteroatoms. The summed E-state index contributed by atoms with van der Waals surface area (Å²) in [4.78, 5) is 11.5. The fourth-order valence-electron chi connectivity index (χ4n) is 4.22. The van der Waals surface area contributed by atoms with Gasteiger partial charge in [0, 0.05) is 24.2 Å². The quantitative estimate of drug-likeness (QED) is 0.791. The number of rotatable bonds is 3. The Morgan fingerprint density at radius 1 is 1.00 bits per heavy atom. The predicted molar refractivity (Wildman–Crippen MR) is 85.9 cm³/mol. The molecule has 3 aliphatic carbocycles. The molecule has 0 fully saturated rings. The van der Waals surface area contributed by atoms with Gasteiger partial charge in [-0.05, 0) is 28.7 Å². The van der Waals surface area contributed by atoms with Crippen molar-refractivity contribution in [1.29, 1.82) is 0 Å². The molecule has 0 unspecified atom stereocenters. The van der Waals surface area contributed by atoms with Gasteiger partial charge in [0.2, 0.25) is 0 Å². The smallest absolute Gasteiger partial charge is 0.305 e. The van der Waals surface area contributed by atoms with E-state index in [-0.39, 0.29) is 5.97 Å². The van der Waals surface area contributed by atoms with E-state index in [2.05, 4.69) is 48.5 Å². The lowest BCUT2D eigenvalue weighted by Crippen LogP contribution is -2.34. The maximum atomic E-state index is 11.5. The Morgan fingerprint density at radius 3 is 2.09 bits per heavy atom. The fourth-order valence-corrected chi connectivity index (χ4v) is 4.22. The highest BCUT2D eigenvalue weighted by Crippen LogP contribution is 2.55. The first kappa shape index (κ1) is 13.6. The van der Waals surface area contributed by atoms with Crippen molar-refractivity contribution in [3.8, 4) is 0 Å². The second-order valence-electron chi connectivity index (χ2n) is 6.32. The van der Waals surface area contributed by atoms with Crippen LogP contribution in [0.15, 0.2) is 48.5 Å². The topological polar surface area (TPSA) is 26.3 Å². The van der Waals surface area contributed by atoms with Crippen molar-refractivity contribution >= 4 is 5.97 Å². The first-order valence-electron chi connectivity index (χ1n) is 8.13. The van der Waals surface area contributed by atoms with Gasteiger partial charge in [-0.2, -0.15) is 0 Å². The van der Waals surface area contributed by atoms with Crippen LogP contribution >= 0.6 is 0 Å². The number of esters is 1. The van der Waals surface area contributed by atoms with Gasteiger partial charge in [-0.3, -0.25) is 4.79 Å². The summed E-state index contributed by atoms with van der Waals surface area (Å²) < 4.78 is 5.47. The molecule has 0 spiro atoms. The van der Waals surface area contributed by atoms with Crippen molar-refractivity contribution in [3.63, 3.8) is 0 Å². The maximum absolute atomic E-state index is 11.5. The highest BCUT2D eigenvalue weighted by atomic mass is 16.5. The van der Waals surface area contributed by atoms with Crippen LogP contribution in [0.3, 0.4) is 0 Å². The lowest BCUT2D eigenvalue weighted by atomic mass is 9.59. The van der Waals surface area contributed by atoms with E-state index in [1.807, 2.05) is 6.92 Å². The SMILES string of the molecule is CCC(=O)OC[C@@H]1CC2c3ccccc3C1c1ccccc12. The van der Waals surface area contributed by atoms with E-state index < -0.39 is 0 Å². The summed E-state index contributed by atoms with van der Waals surface area (Å²) in [5, 5.41) is 0. The van der Waals surface area contributed by atoms with Crippen molar-refractivity contribution in [2.75, 3.05) is 6.61 Å². The normalized spacial score (nSPS) is 24.5. The summed E-state index contributed by atoms with van der Waals surface area (Å²) in [5.41, 5.74) is 5.78. The first-order valence-corrected chi connectivity index (χ1v) is 8.13. The molecule has 2 aromatic carbocycles. The highest BCUT2D eigenvalue weighted by Gasteiger charge is 2.43. The van der Waals surface area contributed by atoms with Crippen molar-refractivity contribution in [2.24, 2.45) is 5.92 Å². The van der Waals surface area contributed by atoms with Gasteiger partial charge in [0.15, 0.2) is 0 Å². The van der Waals surface area contributed by atoms with E-state index in [9.17, 15) is 4.79 Å². The molecule has 1 atom stereocenters. The van der Waals surface area contributed by atoms with Crippen molar-refractivity contribution in [3.05, 3.63) is 70.8 Å². The van der Waals surface area contributed by atoms with E-state index in [4.69, 9.17) is 4.74 Å². The molecule has 112 valence electrons. The number of hydrogen-bond donors (Lipinski definition) is 0. The zero-order valence-electron chi connectivity index (χ0n) is 12.8. The number of ether oxygens (including phenoxy) is 1. The minimum atomic E-state index is -0.0944. The number of carbonyl (C=O) groups is 1. The summed E-state index contributed by atoms with van der Waals surface area (Å²) in [6.45, 7) is 2.39. The molecule has 22 heavy (non-hydrogen) atoms. The Labute approximate surface area is 131 Å². The number of benzene rings is 2. The molecule has 0 amide bonds. The van der Waals surface area contributed by atoms with Gasteiger partial charge < -0.3 is 4.74 Å². The van der Waals surface area contributed by atoms with E-state index in [0.717, 1.165) is 6.42 Å². The zero-order chi connectivity index (χ0) is 15.1. The Bertz CT molecular complexity index is 672. The summed E-state index contributed by atoms with van der Waals surface area (Å²) >= 11 is 0. The van der Waals surface area contributed by atoms with Crippen LogP contribution in [0.5, 0.6) is 0 Å². The predicted octanol–water partition coefficient (Wildman–Crippen LogP) is 4.24. The van der Waals surface area contributed by atoms with Crippen LogP contribution in [0.25, 0.3) is 0 Å². The molecule has 0 aromatic heterocycles. The van der Waals surface area contributed by atoms with E-state index in [1.165, 1.54) is 22.3 Å². The summed E-state index contributed by atoms with van der Waals surface area (Å²) in [6, 6.07) is 17.5. The van der Waals surface area contributed by atoms with Gasteiger partial charge >= 0.3 is 5.97 Å². The largest absolute Gasteiger partial charge is 0.465 e. The molecule has 0 aliphatic heterocycles. The highest BCUT2D eigenvalue weighted by molar-refractivity contribution is 5.69. The molecule has 3 aliphatic rings. The molecule has 2 nitrogen and oxygen atoms in total. The second-order valence-corrected chi connectivity index (χ2v) is 6.32. The van der Waals surface area contributed by atoms with Crippen LogP contribution in [0, 0.1) is 5.92 Å². The maximum Gasteiger partial charge on any atom is 0.305 e. The third kappa shape index (κ3) is 1.98. The molecule has 5 rings (SSSR count). The number of fused-ring (bicyclic) bond motifs is 1. The van der Waals surface area contributed by atoms with Gasteiger partial charge in [-0.1, -0.05) is 55.5 Å². The Balaban J connectivity index is 1.74. The Morgan fingerprint density at radius 2 is 1.55 bits per heavy atom. The van der Waals surface area contributed by atoms with Gasteiger partial charge in [-0.15, -0.1) is 0 Å². The van der Waals surface area contributed by atoms with Crippen molar-refractivity contribution in [1.82, 2.24) is 0 Å². The summed E-state index contributed by atoms with van der Waals surface area (Å²) in [6.07, 6.45) is 1.53. The molecule has 0 saturated carbocycles. The number of hydrogen-bond acceptors (Lipinski definition) is 2. The van der Waals surface area contributed by atoms with E-state index in [0.29, 0.717) is 30.8 Å². The molecule has 2 aromatic rings. The van der Waals surface area contributed by atoms with E-state index in [1.54, 1.807) is 0 Å². The van der Waals surface area contributed by atoms with E-state index >= 15 is 0 Å². The Hall–Kier alpha value is -2.09.